The van der Waals surface area contributed by atoms with Crippen molar-refractivity contribution in [3.05, 3.63) is 35.6 Å². The molecule has 162 valence electrons. The molecule has 1 fully saturated rings. The van der Waals surface area contributed by atoms with Crippen LogP contribution in [-0.4, -0.2) is 74.6 Å². The Morgan fingerprint density at radius 2 is 1.97 bits per heavy atom. The van der Waals surface area contributed by atoms with Crippen molar-refractivity contribution in [2.45, 2.75) is 38.5 Å². The van der Waals surface area contributed by atoms with Crippen LogP contribution in [0.25, 0.3) is 0 Å². The zero-order valence-corrected chi connectivity index (χ0v) is 17.7. The van der Waals surface area contributed by atoms with E-state index in [9.17, 15) is 22.4 Å². The van der Waals surface area contributed by atoms with Gasteiger partial charge < -0.3 is 15.0 Å². The first-order valence-corrected chi connectivity index (χ1v) is 11.3. The summed E-state index contributed by atoms with van der Waals surface area (Å²) in [5.74, 6) is -1.30. The van der Waals surface area contributed by atoms with Gasteiger partial charge in [0.05, 0.1) is 18.9 Å². The minimum Gasteiger partial charge on any atom is -0.376 e. The zero-order chi connectivity index (χ0) is 21.6. The van der Waals surface area contributed by atoms with Crippen molar-refractivity contribution in [3.8, 4) is 0 Å². The second kappa shape index (κ2) is 10.1. The first-order chi connectivity index (χ1) is 13.6. The smallest absolute Gasteiger partial charge is 0.242 e. The maximum Gasteiger partial charge on any atom is 0.242 e. The van der Waals surface area contributed by atoms with Crippen LogP contribution in [-0.2, 0) is 30.9 Å². The third-order valence-corrected chi connectivity index (χ3v) is 6.15. The van der Waals surface area contributed by atoms with Crippen molar-refractivity contribution in [1.29, 1.82) is 0 Å². The number of nitrogens with one attached hydrogen (secondary N) is 1. The molecule has 0 unspecified atom stereocenters. The number of carbonyl (C=O) groups is 2. The highest BCUT2D eigenvalue weighted by Crippen LogP contribution is 2.13. The molecule has 0 radical (unpaired) electrons. The molecule has 0 bridgehead atoms. The highest BCUT2D eigenvalue weighted by molar-refractivity contribution is 7.88. The van der Waals surface area contributed by atoms with E-state index in [1.165, 1.54) is 36.2 Å². The molecule has 0 spiro atoms. The third-order valence-electron chi connectivity index (χ3n) is 4.89. The van der Waals surface area contributed by atoms with Crippen LogP contribution < -0.4 is 5.32 Å². The van der Waals surface area contributed by atoms with Crippen LogP contribution in [0.3, 0.4) is 0 Å². The number of likely N-dealkylation sites (N-methyl/N-ethyl adjacent to an activating group) is 1. The molecule has 2 atom stereocenters. The lowest BCUT2D eigenvalue weighted by Crippen LogP contribution is -2.51. The summed E-state index contributed by atoms with van der Waals surface area (Å²) in [6, 6.07) is 4.73. The Kier molecular flexibility index (Phi) is 8.12. The maximum atomic E-state index is 13.2. The largest absolute Gasteiger partial charge is 0.376 e. The maximum absolute atomic E-state index is 13.2. The molecule has 0 aromatic heterocycles. The molecular weight excluding hydrogens is 401 g/mol. The Hall–Kier alpha value is -2.04. The molecular formula is C19H28FN3O5S. The first kappa shape index (κ1) is 23.2. The summed E-state index contributed by atoms with van der Waals surface area (Å²) in [6.07, 6.45) is 2.78. The molecule has 0 aliphatic carbocycles. The molecule has 1 aliphatic rings. The van der Waals surface area contributed by atoms with Gasteiger partial charge >= 0.3 is 0 Å². The SMILES string of the molecule is C[C@@H](C(=O)NC[C@@H]1CCCO1)N(Cc1ccc(F)cc1)C(=O)CN(C)S(C)(=O)=O. The number of halogens is 1. The average molecular weight is 430 g/mol. The van der Waals surface area contributed by atoms with Crippen molar-refractivity contribution >= 4 is 21.8 Å². The van der Waals surface area contributed by atoms with Crippen molar-refractivity contribution in [3.63, 3.8) is 0 Å². The van der Waals surface area contributed by atoms with Crippen molar-refractivity contribution in [1.82, 2.24) is 14.5 Å². The number of sulfonamides is 1. The number of hydrogen-bond donors (Lipinski definition) is 1. The Labute approximate surface area is 171 Å². The van der Waals surface area contributed by atoms with Gasteiger partial charge in [0.2, 0.25) is 21.8 Å². The van der Waals surface area contributed by atoms with E-state index in [0.717, 1.165) is 23.4 Å². The van der Waals surface area contributed by atoms with Crippen LogP contribution in [0.4, 0.5) is 4.39 Å². The quantitative estimate of drug-likeness (QED) is 0.624. The summed E-state index contributed by atoms with van der Waals surface area (Å²) in [5, 5.41) is 2.79. The molecule has 10 heteroatoms. The summed E-state index contributed by atoms with van der Waals surface area (Å²) >= 11 is 0. The van der Waals surface area contributed by atoms with Crippen molar-refractivity contribution in [2.24, 2.45) is 0 Å². The number of ether oxygens (including phenoxy) is 1. The van der Waals surface area contributed by atoms with Gasteiger partial charge in [-0.2, -0.15) is 4.31 Å². The summed E-state index contributed by atoms with van der Waals surface area (Å²) in [6.45, 7) is 2.25. The third kappa shape index (κ3) is 7.06. The van der Waals surface area contributed by atoms with Crippen LogP contribution in [0, 0.1) is 5.82 Å². The fraction of sp³-hybridized carbons (Fsp3) is 0.579. The van der Waals surface area contributed by atoms with E-state index < -0.39 is 34.3 Å². The second-order valence-electron chi connectivity index (χ2n) is 7.22. The Balaban J connectivity index is 2.11. The Morgan fingerprint density at radius 1 is 1.31 bits per heavy atom. The monoisotopic (exact) mass is 429 g/mol. The first-order valence-electron chi connectivity index (χ1n) is 9.42. The van der Waals surface area contributed by atoms with Crippen LogP contribution in [0.5, 0.6) is 0 Å². The molecule has 2 rings (SSSR count). The number of hydrogen-bond acceptors (Lipinski definition) is 5. The summed E-state index contributed by atoms with van der Waals surface area (Å²) in [7, 11) is -2.26. The predicted molar refractivity (Wildman–Crippen MR) is 106 cm³/mol. The van der Waals surface area contributed by atoms with Gasteiger partial charge in [-0.1, -0.05) is 12.1 Å². The molecule has 1 N–H and O–H groups in total. The molecule has 29 heavy (non-hydrogen) atoms. The van der Waals surface area contributed by atoms with Crippen molar-refractivity contribution in [2.75, 3.05) is 33.0 Å². The Bertz CT molecular complexity index is 810. The second-order valence-corrected chi connectivity index (χ2v) is 9.31. The fourth-order valence-corrected chi connectivity index (χ4v) is 3.28. The predicted octanol–water partition coefficient (Wildman–Crippen LogP) is 0.729. The van der Waals surface area contributed by atoms with E-state index in [1.807, 2.05) is 0 Å². The Morgan fingerprint density at radius 3 is 2.52 bits per heavy atom. The van der Waals surface area contributed by atoms with Gasteiger partial charge in [-0.05, 0) is 37.5 Å². The highest BCUT2D eigenvalue weighted by atomic mass is 32.2. The van der Waals surface area contributed by atoms with E-state index in [4.69, 9.17) is 4.74 Å². The van der Waals surface area contributed by atoms with Crippen LogP contribution >= 0.6 is 0 Å². The molecule has 1 aromatic rings. The molecule has 1 aliphatic heterocycles. The van der Waals surface area contributed by atoms with Crippen LogP contribution in [0.1, 0.15) is 25.3 Å². The highest BCUT2D eigenvalue weighted by Gasteiger charge is 2.29. The lowest BCUT2D eigenvalue weighted by atomic mass is 10.1. The molecule has 1 saturated heterocycles. The number of benzene rings is 1. The van der Waals surface area contributed by atoms with E-state index in [0.29, 0.717) is 18.7 Å². The number of rotatable bonds is 9. The molecule has 1 aromatic carbocycles. The van der Waals surface area contributed by atoms with Gasteiger partial charge in [0.15, 0.2) is 0 Å². The average Bonchev–Trinajstić information content (AvgIpc) is 3.17. The molecule has 0 saturated carbocycles. The number of amides is 2. The van der Waals surface area contributed by atoms with Crippen LogP contribution in [0.15, 0.2) is 24.3 Å². The lowest BCUT2D eigenvalue weighted by Gasteiger charge is -2.30. The molecule has 1 heterocycles. The standard InChI is InChI=1S/C19H28FN3O5S/c1-14(19(25)21-11-17-5-4-10-28-17)23(12-15-6-8-16(20)9-7-15)18(24)13-22(2)29(3,26)27/h6-9,14,17H,4-5,10-13H2,1-3H3,(H,21,25)/t14-,17-/m0/s1. The summed E-state index contributed by atoms with van der Waals surface area (Å²) < 4.78 is 42.9. The zero-order valence-electron chi connectivity index (χ0n) is 16.9. The summed E-state index contributed by atoms with van der Waals surface area (Å²) in [4.78, 5) is 26.7. The van der Waals surface area contributed by atoms with E-state index in [1.54, 1.807) is 6.92 Å². The van der Waals surface area contributed by atoms with E-state index in [-0.39, 0.29) is 18.6 Å². The number of nitrogens with zero attached hydrogens (tertiary/aromatic N) is 2. The normalized spacial score (nSPS) is 17.9. The van der Waals surface area contributed by atoms with Gasteiger partial charge in [0.1, 0.15) is 11.9 Å². The van der Waals surface area contributed by atoms with Gasteiger partial charge in [-0.15, -0.1) is 0 Å². The van der Waals surface area contributed by atoms with Crippen molar-refractivity contribution < 1.29 is 27.1 Å². The topological polar surface area (TPSA) is 96.0 Å². The fourth-order valence-electron chi connectivity index (χ4n) is 2.94. The van der Waals surface area contributed by atoms with Crippen LogP contribution in [0.2, 0.25) is 0 Å². The minimum atomic E-state index is -3.56. The van der Waals surface area contributed by atoms with E-state index >= 15 is 0 Å². The number of carbonyl (C=O) groups excluding carboxylic acids is 2. The lowest BCUT2D eigenvalue weighted by molar-refractivity contribution is -0.140. The van der Waals surface area contributed by atoms with Gasteiger partial charge in [0, 0.05) is 26.7 Å². The molecule has 2 amide bonds. The van der Waals surface area contributed by atoms with Gasteiger partial charge in [-0.3, -0.25) is 9.59 Å². The van der Waals surface area contributed by atoms with E-state index in [2.05, 4.69) is 5.32 Å². The van der Waals surface area contributed by atoms with Gasteiger partial charge in [0.25, 0.3) is 0 Å². The summed E-state index contributed by atoms with van der Waals surface area (Å²) in [5.41, 5.74) is 0.625. The minimum absolute atomic E-state index is 0.0382. The molecule has 8 nitrogen and oxygen atoms in total. The van der Waals surface area contributed by atoms with Gasteiger partial charge in [-0.25, -0.2) is 12.8 Å².